The van der Waals surface area contributed by atoms with Gasteiger partial charge in [0.15, 0.2) is 0 Å². The second kappa shape index (κ2) is 7.69. The summed E-state index contributed by atoms with van der Waals surface area (Å²) >= 11 is 7.36. The average Bonchev–Trinajstić information content (AvgIpc) is 2.51. The third-order valence-corrected chi connectivity index (χ3v) is 5.10. The highest BCUT2D eigenvalue weighted by molar-refractivity contribution is 8.00. The van der Waals surface area contributed by atoms with Crippen molar-refractivity contribution in [2.75, 3.05) is 5.32 Å². The van der Waals surface area contributed by atoms with Gasteiger partial charge in [-0.1, -0.05) is 29.4 Å². The lowest BCUT2D eigenvalue weighted by molar-refractivity contribution is -0.115. The Morgan fingerprint density at radius 3 is 2.75 bits per heavy atom. The summed E-state index contributed by atoms with van der Waals surface area (Å²) < 4.78 is 0. The Labute approximate surface area is 151 Å². The van der Waals surface area contributed by atoms with Crippen LogP contribution < -0.4 is 5.32 Å². The molecule has 124 valence electrons. The highest BCUT2D eigenvalue weighted by atomic mass is 35.5. The number of aryl methyl sites for hydroxylation is 2. The molecule has 4 nitrogen and oxygen atoms in total. The van der Waals surface area contributed by atoms with E-state index in [4.69, 9.17) is 11.6 Å². The summed E-state index contributed by atoms with van der Waals surface area (Å²) in [5, 5.41) is 13.0. The van der Waals surface area contributed by atoms with E-state index in [0.717, 1.165) is 16.8 Å². The van der Waals surface area contributed by atoms with E-state index in [1.807, 2.05) is 32.9 Å². The number of hydrogen-bond donors (Lipinski definition) is 1. The number of nitrogens with one attached hydrogen (secondary N) is 1. The number of nitrogens with zero attached hydrogens (tertiary/aromatic N) is 2. The Balaban J connectivity index is 2.18. The molecule has 1 amide bonds. The molecule has 0 radical (unpaired) electrons. The van der Waals surface area contributed by atoms with E-state index in [-0.39, 0.29) is 5.91 Å². The number of hydrogen-bond acceptors (Lipinski definition) is 4. The first-order valence-corrected chi connectivity index (χ1v) is 8.70. The number of halogens is 1. The molecule has 1 aromatic carbocycles. The van der Waals surface area contributed by atoms with Gasteiger partial charge in [0, 0.05) is 16.4 Å². The number of pyridine rings is 1. The zero-order chi connectivity index (χ0) is 17.9. The second-order valence-corrected chi connectivity index (χ2v) is 7.27. The summed E-state index contributed by atoms with van der Waals surface area (Å²) in [6.07, 6.45) is 0. The zero-order valence-electron chi connectivity index (χ0n) is 14.0. The van der Waals surface area contributed by atoms with Crippen LogP contribution >= 0.6 is 23.4 Å². The van der Waals surface area contributed by atoms with Crippen LogP contribution in [0.1, 0.15) is 29.3 Å². The summed E-state index contributed by atoms with van der Waals surface area (Å²) in [5.74, 6) is -0.157. The molecule has 0 aliphatic carbocycles. The van der Waals surface area contributed by atoms with Gasteiger partial charge in [0.1, 0.15) is 11.1 Å². The fraction of sp³-hybridized carbons (Fsp3) is 0.278. The van der Waals surface area contributed by atoms with Gasteiger partial charge >= 0.3 is 0 Å². The van der Waals surface area contributed by atoms with Crippen LogP contribution in [0.4, 0.5) is 5.69 Å². The lowest BCUT2D eigenvalue weighted by atomic mass is 10.1. The van der Waals surface area contributed by atoms with Gasteiger partial charge < -0.3 is 5.32 Å². The number of anilines is 1. The maximum Gasteiger partial charge on any atom is 0.237 e. The van der Waals surface area contributed by atoms with E-state index in [1.165, 1.54) is 11.8 Å². The van der Waals surface area contributed by atoms with E-state index in [1.54, 1.807) is 19.1 Å². The largest absolute Gasteiger partial charge is 0.325 e. The second-order valence-electron chi connectivity index (χ2n) is 5.53. The van der Waals surface area contributed by atoms with Gasteiger partial charge in [0.2, 0.25) is 5.91 Å². The fourth-order valence-corrected chi connectivity index (χ4v) is 3.42. The van der Waals surface area contributed by atoms with Crippen LogP contribution in [0.2, 0.25) is 5.02 Å². The molecule has 2 rings (SSSR count). The van der Waals surface area contributed by atoms with Gasteiger partial charge in [0.05, 0.1) is 10.8 Å². The molecule has 0 fully saturated rings. The summed E-state index contributed by atoms with van der Waals surface area (Å²) in [5.41, 5.74) is 3.73. The van der Waals surface area contributed by atoms with Crippen molar-refractivity contribution in [2.45, 2.75) is 38.0 Å². The Hall–Kier alpha value is -2.03. The molecule has 0 spiro atoms. The van der Waals surface area contributed by atoms with Crippen LogP contribution in [0.15, 0.2) is 29.3 Å². The molecular formula is C18H18ClN3OS. The Morgan fingerprint density at radius 2 is 2.08 bits per heavy atom. The van der Waals surface area contributed by atoms with Crippen molar-refractivity contribution in [1.82, 2.24) is 4.98 Å². The number of nitriles is 1. The van der Waals surface area contributed by atoms with E-state index in [0.29, 0.717) is 21.3 Å². The van der Waals surface area contributed by atoms with E-state index in [9.17, 15) is 10.1 Å². The molecule has 0 unspecified atom stereocenters. The third kappa shape index (κ3) is 4.08. The third-order valence-electron chi connectivity index (χ3n) is 3.61. The normalized spacial score (nSPS) is 11.7. The number of benzene rings is 1. The number of rotatable bonds is 4. The molecule has 0 aliphatic heterocycles. The van der Waals surface area contributed by atoms with Crippen molar-refractivity contribution < 1.29 is 4.79 Å². The van der Waals surface area contributed by atoms with Crippen LogP contribution in [0, 0.1) is 32.1 Å². The number of carbonyl (C=O) groups is 1. The van der Waals surface area contributed by atoms with Gasteiger partial charge in [-0.15, -0.1) is 0 Å². The average molecular weight is 360 g/mol. The number of carbonyl (C=O) groups excluding carboxylic acids is 1. The molecule has 1 atom stereocenters. The summed E-state index contributed by atoms with van der Waals surface area (Å²) in [4.78, 5) is 16.9. The maximum atomic E-state index is 12.5. The van der Waals surface area contributed by atoms with Crippen molar-refractivity contribution in [3.05, 3.63) is 51.7 Å². The zero-order valence-corrected chi connectivity index (χ0v) is 15.5. The predicted molar refractivity (Wildman–Crippen MR) is 98.6 cm³/mol. The van der Waals surface area contributed by atoms with Crippen molar-refractivity contribution in [1.29, 1.82) is 5.26 Å². The van der Waals surface area contributed by atoms with Crippen molar-refractivity contribution >= 4 is 35.0 Å². The van der Waals surface area contributed by atoms with Crippen molar-refractivity contribution in [3.63, 3.8) is 0 Å². The molecule has 0 aliphatic rings. The SMILES string of the molecule is Cc1cc(C)c(C#N)c(S[C@H](C)C(=O)Nc2cccc(Cl)c2C)n1. The van der Waals surface area contributed by atoms with E-state index in [2.05, 4.69) is 16.4 Å². The van der Waals surface area contributed by atoms with Crippen LogP contribution in [-0.2, 0) is 4.79 Å². The first kappa shape index (κ1) is 18.3. The highest BCUT2D eigenvalue weighted by Crippen LogP contribution is 2.29. The number of amides is 1. The number of aromatic nitrogens is 1. The molecule has 1 N–H and O–H groups in total. The molecule has 24 heavy (non-hydrogen) atoms. The molecular weight excluding hydrogens is 342 g/mol. The molecule has 1 aromatic heterocycles. The quantitative estimate of drug-likeness (QED) is 0.807. The minimum absolute atomic E-state index is 0.157. The smallest absolute Gasteiger partial charge is 0.237 e. The monoisotopic (exact) mass is 359 g/mol. The molecule has 2 aromatic rings. The first-order valence-electron chi connectivity index (χ1n) is 7.44. The summed E-state index contributed by atoms with van der Waals surface area (Å²) in [7, 11) is 0. The first-order chi connectivity index (χ1) is 11.3. The van der Waals surface area contributed by atoms with Gasteiger partial charge in [-0.3, -0.25) is 4.79 Å². The lowest BCUT2D eigenvalue weighted by Gasteiger charge is -2.15. The molecule has 0 saturated carbocycles. The van der Waals surface area contributed by atoms with Gasteiger partial charge in [-0.05, 0) is 57.0 Å². The van der Waals surface area contributed by atoms with E-state index < -0.39 is 5.25 Å². The standard InChI is InChI=1S/C18H18ClN3OS/c1-10-8-11(2)21-18(14(10)9-20)24-13(4)17(23)22-16-7-5-6-15(19)12(16)3/h5-8,13H,1-4H3,(H,22,23)/t13-/m1/s1. The van der Waals surface area contributed by atoms with Crippen LogP contribution in [0.3, 0.4) is 0 Å². The van der Waals surface area contributed by atoms with Gasteiger partial charge in [-0.25, -0.2) is 4.98 Å². The molecule has 1 heterocycles. The summed E-state index contributed by atoms with van der Waals surface area (Å²) in [6.45, 7) is 7.39. The Kier molecular flexibility index (Phi) is 5.87. The van der Waals surface area contributed by atoms with Crippen LogP contribution in [0.25, 0.3) is 0 Å². The van der Waals surface area contributed by atoms with E-state index >= 15 is 0 Å². The number of thioether (sulfide) groups is 1. The molecule has 6 heteroatoms. The van der Waals surface area contributed by atoms with Crippen molar-refractivity contribution in [3.8, 4) is 6.07 Å². The predicted octanol–water partition coefficient (Wildman–Crippen LogP) is 4.65. The Morgan fingerprint density at radius 1 is 1.38 bits per heavy atom. The minimum atomic E-state index is -0.399. The topological polar surface area (TPSA) is 65.8 Å². The Bertz CT molecular complexity index is 830. The van der Waals surface area contributed by atoms with Crippen molar-refractivity contribution in [2.24, 2.45) is 0 Å². The summed E-state index contributed by atoms with van der Waals surface area (Å²) in [6, 6.07) is 9.42. The van der Waals surface area contributed by atoms with Crippen LogP contribution in [-0.4, -0.2) is 16.1 Å². The molecule has 0 bridgehead atoms. The minimum Gasteiger partial charge on any atom is -0.325 e. The fourth-order valence-electron chi connectivity index (χ4n) is 2.22. The maximum absolute atomic E-state index is 12.5. The highest BCUT2D eigenvalue weighted by Gasteiger charge is 2.19. The van der Waals surface area contributed by atoms with Gasteiger partial charge in [-0.2, -0.15) is 5.26 Å². The van der Waals surface area contributed by atoms with Gasteiger partial charge in [0.25, 0.3) is 0 Å². The molecule has 0 saturated heterocycles. The lowest BCUT2D eigenvalue weighted by Crippen LogP contribution is -2.23. The van der Waals surface area contributed by atoms with Crippen LogP contribution in [0.5, 0.6) is 0 Å².